The first-order chi connectivity index (χ1) is 18.7. The van der Waals surface area contributed by atoms with Crippen molar-refractivity contribution in [2.24, 2.45) is 0 Å². The van der Waals surface area contributed by atoms with Gasteiger partial charge < -0.3 is 19.7 Å². The summed E-state index contributed by atoms with van der Waals surface area (Å²) in [6.07, 6.45) is 3.47. The van der Waals surface area contributed by atoms with Gasteiger partial charge in [-0.15, -0.1) is 0 Å². The monoisotopic (exact) mass is 548 g/mol. The number of aromatic nitrogens is 4. The summed E-state index contributed by atoms with van der Waals surface area (Å²) >= 11 is 0. The van der Waals surface area contributed by atoms with Crippen LogP contribution < -0.4 is 44.1 Å². The van der Waals surface area contributed by atoms with E-state index in [9.17, 15) is 5.11 Å². The Balaban J connectivity index is 0.00000370. The maximum atomic E-state index is 9.97. The van der Waals surface area contributed by atoms with E-state index in [0.717, 1.165) is 30.8 Å². The number of benzene rings is 3. The van der Waals surface area contributed by atoms with Gasteiger partial charge in [-0.3, -0.25) is 10.3 Å². The number of hydrogen-bond donors (Lipinski definition) is 1. The number of nitrogens with zero attached hydrogens (tertiary/aromatic N) is 4. The van der Waals surface area contributed by atoms with Crippen LogP contribution in [0.2, 0.25) is 0 Å². The third-order valence-electron chi connectivity index (χ3n) is 7.70. The van der Waals surface area contributed by atoms with Crippen molar-refractivity contribution in [3.63, 3.8) is 0 Å². The largest absolute Gasteiger partial charge is 1.00 e. The topological polar surface area (TPSA) is 91.5 Å². The van der Waals surface area contributed by atoms with Crippen LogP contribution >= 0.6 is 0 Å². The SMILES string of the molecule is Cc1cc(OCCC(C)(C)O)cc(C)c1-c1cccc(COc2ccc3c(c2)CCC3Cc2nnn[n-]2)c1C.[Na+]. The molecular formula is C32H37N4NaO3. The second kappa shape index (κ2) is 12.9. The molecule has 0 radical (unpaired) electrons. The number of hydrogen-bond acceptors (Lipinski definition) is 6. The molecule has 1 aliphatic rings. The fourth-order valence-corrected chi connectivity index (χ4v) is 5.57. The van der Waals surface area contributed by atoms with E-state index in [1.807, 2.05) is 0 Å². The Kier molecular flexibility index (Phi) is 9.72. The Morgan fingerprint density at radius 2 is 1.77 bits per heavy atom. The van der Waals surface area contributed by atoms with E-state index in [4.69, 9.17) is 9.47 Å². The van der Waals surface area contributed by atoms with Crippen molar-refractivity contribution in [1.29, 1.82) is 0 Å². The van der Waals surface area contributed by atoms with Crippen LogP contribution in [0, 0.1) is 20.8 Å². The summed E-state index contributed by atoms with van der Waals surface area (Å²) in [6.45, 7) is 11.0. The van der Waals surface area contributed by atoms with Gasteiger partial charge in [0.15, 0.2) is 0 Å². The van der Waals surface area contributed by atoms with Crippen LogP contribution in [0.4, 0.5) is 0 Å². The van der Waals surface area contributed by atoms with E-state index >= 15 is 0 Å². The van der Waals surface area contributed by atoms with Gasteiger partial charge in [-0.2, -0.15) is 5.21 Å². The molecule has 1 N–H and O–H groups in total. The number of tetrazole rings is 1. The van der Waals surface area contributed by atoms with Gasteiger partial charge in [0.05, 0.1) is 12.2 Å². The van der Waals surface area contributed by atoms with Crippen LogP contribution in [0.25, 0.3) is 11.1 Å². The summed E-state index contributed by atoms with van der Waals surface area (Å²) in [4.78, 5) is 0. The molecule has 1 aliphatic carbocycles. The Hall–Kier alpha value is -2.71. The summed E-state index contributed by atoms with van der Waals surface area (Å²) in [6, 6.07) is 17.0. The predicted molar refractivity (Wildman–Crippen MR) is 151 cm³/mol. The summed E-state index contributed by atoms with van der Waals surface area (Å²) in [5.41, 5.74) is 9.12. The number of aryl methyl sites for hydroxylation is 3. The number of rotatable bonds is 10. The molecule has 1 heterocycles. The maximum Gasteiger partial charge on any atom is 1.00 e. The molecule has 0 amide bonds. The number of aliphatic hydroxyl groups is 1. The zero-order chi connectivity index (χ0) is 27.6. The first-order valence-electron chi connectivity index (χ1n) is 13.7. The van der Waals surface area contributed by atoms with Crippen LogP contribution in [-0.4, -0.2) is 32.8 Å². The minimum absolute atomic E-state index is 0. The molecule has 3 aromatic carbocycles. The van der Waals surface area contributed by atoms with Crippen molar-refractivity contribution in [2.45, 2.75) is 78.4 Å². The van der Waals surface area contributed by atoms with Crippen molar-refractivity contribution in [1.82, 2.24) is 20.6 Å². The maximum absolute atomic E-state index is 9.97. The van der Waals surface area contributed by atoms with E-state index < -0.39 is 5.60 Å². The van der Waals surface area contributed by atoms with Gasteiger partial charge in [0.1, 0.15) is 18.1 Å². The second-order valence-electron chi connectivity index (χ2n) is 11.3. The molecule has 0 saturated carbocycles. The molecule has 4 aromatic rings. The van der Waals surface area contributed by atoms with Gasteiger partial charge in [-0.05, 0) is 129 Å². The van der Waals surface area contributed by atoms with E-state index in [-0.39, 0.29) is 29.6 Å². The van der Waals surface area contributed by atoms with Crippen LogP contribution in [0.5, 0.6) is 11.5 Å². The first kappa shape index (κ1) is 30.3. The quantitative estimate of drug-likeness (QED) is 0.305. The molecule has 40 heavy (non-hydrogen) atoms. The molecule has 1 aromatic heterocycles. The van der Waals surface area contributed by atoms with Crippen LogP contribution in [0.1, 0.15) is 71.8 Å². The molecule has 1 unspecified atom stereocenters. The molecule has 204 valence electrons. The molecular weight excluding hydrogens is 511 g/mol. The molecule has 1 atom stereocenters. The molecule has 8 heteroatoms. The van der Waals surface area contributed by atoms with Crippen LogP contribution in [0.3, 0.4) is 0 Å². The van der Waals surface area contributed by atoms with E-state index in [1.54, 1.807) is 13.8 Å². The smallest absolute Gasteiger partial charge is 0.493 e. The van der Waals surface area contributed by atoms with Crippen molar-refractivity contribution in [3.05, 3.63) is 87.7 Å². The van der Waals surface area contributed by atoms with Gasteiger partial charge in [0.2, 0.25) is 0 Å². The van der Waals surface area contributed by atoms with E-state index in [2.05, 4.69) is 89.9 Å². The molecule has 0 bridgehead atoms. The zero-order valence-electron chi connectivity index (χ0n) is 24.5. The van der Waals surface area contributed by atoms with E-state index in [1.165, 1.54) is 44.5 Å². The molecule has 5 rings (SSSR count). The Labute approximate surface area is 259 Å². The summed E-state index contributed by atoms with van der Waals surface area (Å²) < 4.78 is 12.2. The molecule has 7 nitrogen and oxygen atoms in total. The van der Waals surface area contributed by atoms with Crippen molar-refractivity contribution in [3.8, 4) is 22.6 Å². The van der Waals surface area contributed by atoms with Crippen LogP contribution in [0.15, 0.2) is 48.5 Å². The van der Waals surface area contributed by atoms with Crippen molar-refractivity contribution >= 4 is 0 Å². The van der Waals surface area contributed by atoms with Gasteiger partial charge in [0, 0.05) is 12.2 Å². The zero-order valence-corrected chi connectivity index (χ0v) is 26.5. The third-order valence-corrected chi connectivity index (χ3v) is 7.70. The second-order valence-corrected chi connectivity index (χ2v) is 11.3. The van der Waals surface area contributed by atoms with Gasteiger partial charge in [-0.1, -0.05) is 24.3 Å². The minimum atomic E-state index is -0.735. The van der Waals surface area contributed by atoms with Gasteiger partial charge >= 0.3 is 29.6 Å². The minimum Gasteiger partial charge on any atom is -0.493 e. The normalized spacial score (nSPS) is 14.5. The van der Waals surface area contributed by atoms with Crippen molar-refractivity contribution < 1.29 is 44.1 Å². The number of ether oxygens (including phenoxy) is 2. The molecule has 0 aliphatic heterocycles. The Bertz CT molecular complexity index is 1420. The molecule has 0 saturated heterocycles. The first-order valence-corrected chi connectivity index (χ1v) is 13.7. The Morgan fingerprint density at radius 1 is 1.00 bits per heavy atom. The Morgan fingerprint density at radius 3 is 2.48 bits per heavy atom. The summed E-state index contributed by atoms with van der Waals surface area (Å²) in [7, 11) is 0. The average molecular weight is 549 g/mol. The predicted octanol–water partition coefficient (Wildman–Crippen LogP) is 2.82. The van der Waals surface area contributed by atoms with Gasteiger partial charge in [0.25, 0.3) is 0 Å². The molecule has 0 spiro atoms. The average Bonchev–Trinajstić information content (AvgIpc) is 3.53. The third kappa shape index (κ3) is 7.13. The van der Waals surface area contributed by atoms with E-state index in [0.29, 0.717) is 31.4 Å². The number of fused-ring (bicyclic) bond motifs is 1. The van der Waals surface area contributed by atoms with Crippen LogP contribution in [-0.2, 0) is 19.4 Å². The van der Waals surface area contributed by atoms with Crippen molar-refractivity contribution in [2.75, 3.05) is 6.61 Å². The summed E-state index contributed by atoms with van der Waals surface area (Å²) in [5.74, 6) is 2.85. The molecule has 0 fully saturated rings. The fraction of sp³-hybridized carbons (Fsp3) is 0.406. The van der Waals surface area contributed by atoms with Gasteiger partial charge in [-0.25, -0.2) is 0 Å². The summed E-state index contributed by atoms with van der Waals surface area (Å²) in [5, 5.41) is 25.2. The fourth-order valence-electron chi connectivity index (χ4n) is 5.57. The standard InChI is InChI=1S/C32H37N4O3.Na/c1-20-15-27(38-14-13-32(4,5)37)16-21(2)31(20)28-8-6-7-25(22(28)3)19-39-26-11-12-29-23(17-26)9-10-24(29)18-30-33-35-36-34-30;/h6-8,11-12,15-17,24,37H,9-10,13-14,18-19H2,1-5H3;/q-1;+1.